The third kappa shape index (κ3) is 3.47. The van der Waals surface area contributed by atoms with Gasteiger partial charge in [-0.25, -0.2) is 0 Å². The minimum absolute atomic E-state index is 0.0927. The second kappa shape index (κ2) is 6.06. The molecular formula is C15H23N3O. The van der Waals surface area contributed by atoms with Crippen LogP contribution in [-0.2, 0) is 6.54 Å². The summed E-state index contributed by atoms with van der Waals surface area (Å²) in [4.78, 5) is 14.0. The molecule has 1 heterocycles. The van der Waals surface area contributed by atoms with E-state index in [0.717, 1.165) is 31.1 Å². The molecule has 0 radical (unpaired) electrons. The van der Waals surface area contributed by atoms with Gasteiger partial charge in [-0.3, -0.25) is 9.69 Å². The fourth-order valence-electron chi connectivity index (χ4n) is 2.70. The second-order valence-electron chi connectivity index (χ2n) is 5.48. The first kappa shape index (κ1) is 13.9. The Labute approximate surface area is 115 Å². The van der Waals surface area contributed by atoms with E-state index >= 15 is 0 Å². The Balaban J connectivity index is 2.06. The third-order valence-corrected chi connectivity index (χ3v) is 3.77. The first-order valence-corrected chi connectivity index (χ1v) is 6.93. The predicted octanol–water partition coefficient (Wildman–Crippen LogP) is 1.86. The van der Waals surface area contributed by atoms with Crippen molar-refractivity contribution >= 4 is 11.6 Å². The molecule has 4 nitrogen and oxygen atoms in total. The van der Waals surface area contributed by atoms with Gasteiger partial charge in [0.05, 0.1) is 0 Å². The number of anilines is 1. The molecule has 1 aliphatic rings. The van der Waals surface area contributed by atoms with Crippen molar-refractivity contribution in [2.45, 2.75) is 26.3 Å². The van der Waals surface area contributed by atoms with Crippen LogP contribution in [0.25, 0.3) is 0 Å². The normalized spacial score (nSPS) is 20.2. The minimum atomic E-state index is -0.0927. The van der Waals surface area contributed by atoms with Crippen LogP contribution in [0.2, 0.25) is 0 Å². The molecule has 104 valence electrons. The molecule has 1 saturated heterocycles. The van der Waals surface area contributed by atoms with E-state index in [-0.39, 0.29) is 5.91 Å². The van der Waals surface area contributed by atoms with E-state index in [1.165, 1.54) is 12.8 Å². The largest absolute Gasteiger partial charge is 0.398 e. The zero-order valence-corrected chi connectivity index (χ0v) is 11.8. The molecule has 0 spiro atoms. The molecule has 19 heavy (non-hydrogen) atoms. The molecule has 1 atom stereocenters. The zero-order valence-electron chi connectivity index (χ0n) is 11.8. The summed E-state index contributed by atoms with van der Waals surface area (Å²) < 4.78 is 0. The van der Waals surface area contributed by atoms with Gasteiger partial charge < -0.3 is 11.1 Å². The van der Waals surface area contributed by atoms with E-state index in [4.69, 9.17) is 5.73 Å². The van der Waals surface area contributed by atoms with Crippen molar-refractivity contribution < 1.29 is 4.79 Å². The fraction of sp³-hybridized carbons (Fsp3) is 0.533. The average Bonchev–Trinajstić information content (AvgIpc) is 2.40. The Kier molecular flexibility index (Phi) is 4.43. The molecule has 1 aromatic rings. The Hall–Kier alpha value is -1.55. The van der Waals surface area contributed by atoms with Gasteiger partial charge in [0.1, 0.15) is 0 Å². The minimum Gasteiger partial charge on any atom is -0.398 e. The number of hydrogen-bond acceptors (Lipinski definition) is 3. The van der Waals surface area contributed by atoms with Crippen molar-refractivity contribution in [2.24, 2.45) is 5.92 Å². The standard InChI is InChI=1S/C15H23N3O/c1-11-4-3-7-18(9-11)10-13-6-5-12(8-14(13)16)15(19)17-2/h5-6,8,11H,3-4,7,9-10,16H2,1-2H3,(H,17,19). The summed E-state index contributed by atoms with van der Waals surface area (Å²) in [5.41, 5.74) is 8.50. The molecule has 0 aliphatic carbocycles. The maximum absolute atomic E-state index is 11.5. The highest BCUT2D eigenvalue weighted by Crippen LogP contribution is 2.21. The van der Waals surface area contributed by atoms with E-state index in [0.29, 0.717) is 11.3 Å². The summed E-state index contributed by atoms with van der Waals surface area (Å²) in [7, 11) is 1.63. The number of carbonyl (C=O) groups excluding carboxylic acids is 1. The molecule has 1 amide bonds. The maximum atomic E-state index is 11.5. The van der Waals surface area contributed by atoms with Gasteiger partial charge in [0, 0.05) is 31.4 Å². The van der Waals surface area contributed by atoms with E-state index in [1.54, 1.807) is 13.1 Å². The van der Waals surface area contributed by atoms with Crippen LogP contribution in [0, 0.1) is 5.92 Å². The molecule has 2 rings (SSSR count). The zero-order chi connectivity index (χ0) is 13.8. The number of nitrogens with two attached hydrogens (primary N) is 1. The van der Waals surface area contributed by atoms with Crippen molar-refractivity contribution in [1.29, 1.82) is 0 Å². The molecule has 4 heteroatoms. The van der Waals surface area contributed by atoms with Crippen molar-refractivity contribution in [3.05, 3.63) is 29.3 Å². The Morgan fingerprint density at radius 1 is 1.53 bits per heavy atom. The third-order valence-electron chi connectivity index (χ3n) is 3.77. The number of nitrogens with one attached hydrogen (secondary N) is 1. The van der Waals surface area contributed by atoms with Crippen LogP contribution in [0.15, 0.2) is 18.2 Å². The SMILES string of the molecule is CNC(=O)c1ccc(CN2CCCC(C)C2)c(N)c1. The van der Waals surface area contributed by atoms with Gasteiger partial charge in [-0.05, 0) is 43.0 Å². The van der Waals surface area contributed by atoms with E-state index in [2.05, 4.69) is 17.1 Å². The summed E-state index contributed by atoms with van der Waals surface area (Å²) >= 11 is 0. The lowest BCUT2D eigenvalue weighted by molar-refractivity contribution is 0.0963. The van der Waals surface area contributed by atoms with Crippen LogP contribution in [0.5, 0.6) is 0 Å². The van der Waals surface area contributed by atoms with E-state index in [9.17, 15) is 4.79 Å². The van der Waals surface area contributed by atoms with Gasteiger partial charge in [-0.1, -0.05) is 13.0 Å². The molecule has 0 saturated carbocycles. The van der Waals surface area contributed by atoms with Gasteiger partial charge in [0.25, 0.3) is 5.91 Å². The number of hydrogen-bond donors (Lipinski definition) is 2. The van der Waals surface area contributed by atoms with Crippen molar-refractivity contribution in [3.8, 4) is 0 Å². The fourth-order valence-corrected chi connectivity index (χ4v) is 2.70. The number of amides is 1. The number of benzene rings is 1. The molecule has 1 aromatic carbocycles. The van der Waals surface area contributed by atoms with E-state index in [1.807, 2.05) is 12.1 Å². The number of nitrogen functional groups attached to an aromatic ring is 1. The van der Waals surface area contributed by atoms with Gasteiger partial charge in [-0.2, -0.15) is 0 Å². The van der Waals surface area contributed by atoms with Crippen molar-refractivity contribution in [1.82, 2.24) is 10.2 Å². The van der Waals surface area contributed by atoms with Crippen LogP contribution < -0.4 is 11.1 Å². The Morgan fingerprint density at radius 3 is 2.95 bits per heavy atom. The van der Waals surface area contributed by atoms with Gasteiger partial charge in [-0.15, -0.1) is 0 Å². The monoisotopic (exact) mass is 261 g/mol. The molecule has 3 N–H and O–H groups in total. The lowest BCUT2D eigenvalue weighted by Gasteiger charge is -2.31. The van der Waals surface area contributed by atoms with Crippen molar-refractivity contribution in [2.75, 3.05) is 25.9 Å². The molecule has 0 aromatic heterocycles. The van der Waals surface area contributed by atoms with Crippen LogP contribution in [0.3, 0.4) is 0 Å². The molecular weight excluding hydrogens is 238 g/mol. The Morgan fingerprint density at radius 2 is 2.32 bits per heavy atom. The summed E-state index contributed by atoms with van der Waals surface area (Å²) in [5.74, 6) is 0.671. The molecule has 1 unspecified atom stereocenters. The number of rotatable bonds is 3. The van der Waals surface area contributed by atoms with Crippen molar-refractivity contribution in [3.63, 3.8) is 0 Å². The first-order valence-electron chi connectivity index (χ1n) is 6.93. The van der Waals surface area contributed by atoms with E-state index < -0.39 is 0 Å². The summed E-state index contributed by atoms with van der Waals surface area (Å²) in [6.07, 6.45) is 2.58. The van der Waals surface area contributed by atoms with Gasteiger partial charge in [0.2, 0.25) is 0 Å². The highest BCUT2D eigenvalue weighted by atomic mass is 16.1. The van der Waals surface area contributed by atoms with Crippen LogP contribution in [-0.4, -0.2) is 30.9 Å². The highest BCUT2D eigenvalue weighted by Gasteiger charge is 2.17. The first-order chi connectivity index (χ1) is 9.10. The predicted molar refractivity (Wildman–Crippen MR) is 77.9 cm³/mol. The van der Waals surface area contributed by atoms with Crippen LogP contribution in [0.4, 0.5) is 5.69 Å². The number of carbonyl (C=O) groups is 1. The number of likely N-dealkylation sites (tertiary alicyclic amines) is 1. The highest BCUT2D eigenvalue weighted by molar-refractivity contribution is 5.95. The Bertz CT molecular complexity index is 459. The van der Waals surface area contributed by atoms with Gasteiger partial charge >= 0.3 is 0 Å². The summed E-state index contributed by atoms with van der Waals surface area (Å²) in [6.45, 7) is 5.45. The molecule has 1 aliphatic heterocycles. The maximum Gasteiger partial charge on any atom is 0.251 e. The molecule has 0 bridgehead atoms. The summed E-state index contributed by atoms with van der Waals surface area (Å²) in [5, 5.41) is 2.61. The van der Waals surface area contributed by atoms with Gasteiger partial charge in [0.15, 0.2) is 0 Å². The summed E-state index contributed by atoms with van der Waals surface area (Å²) in [6, 6.07) is 5.58. The topological polar surface area (TPSA) is 58.4 Å². The smallest absolute Gasteiger partial charge is 0.251 e. The van der Waals surface area contributed by atoms with Crippen LogP contribution in [0.1, 0.15) is 35.7 Å². The lowest BCUT2D eigenvalue weighted by atomic mass is 9.99. The number of nitrogens with zero attached hydrogens (tertiary/aromatic N) is 1. The number of piperidine rings is 1. The average molecular weight is 261 g/mol. The lowest BCUT2D eigenvalue weighted by Crippen LogP contribution is -2.34. The molecule has 1 fully saturated rings. The quantitative estimate of drug-likeness (QED) is 0.817. The second-order valence-corrected chi connectivity index (χ2v) is 5.48. The van der Waals surface area contributed by atoms with Crippen LogP contribution >= 0.6 is 0 Å².